The standard InChI is InChI=1S/C23H30FN3O3S/c1-26(2)31(29,30)22-14-12-20(13-15-22)25-23(28)17-27(21-6-4-3-5-7-21)16-18-8-10-19(24)11-9-18/h8-15,21H,3-7,16-17H2,1-2H3,(H,25,28). The Balaban J connectivity index is 1.67. The second-order valence-electron chi connectivity index (χ2n) is 8.18. The normalized spacial score (nSPS) is 15.4. The van der Waals surface area contributed by atoms with Crippen LogP contribution >= 0.6 is 0 Å². The van der Waals surface area contributed by atoms with E-state index in [0.717, 1.165) is 35.6 Å². The number of hydrogen-bond donors (Lipinski definition) is 1. The Hall–Kier alpha value is -2.29. The van der Waals surface area contributed by atoms with Crippen LogP contribution in [0.2, 0.25) is 0 Å². The minimum Gasteiger partial charge on any atom is -0.325 e. The molecule has 1 saturated carbocycles. The lowest BCUT2D eigenvalue weighted by Gasteiger charge is -2.34. The van der Waals surface area contributed by atoms with Crippen molar-refractivity contribution < 1.29 is 17.6 Å². The van der Waals surface area contributed by atoms with Gasteiger partial charge in [0, 0.05) is 32.4 Å². The molecule has 1 N–H and O–H groups in total. The van der Waals surface area contributed by atoms with Crippen LogP contribution in [0.1, 0.15) is 37.7 Å². The Morgan fingerprint density at radius 2 is 1.61 bits per heavy atom. The van der Waals surface area contributed by atoms with Crippen LogP contribution in [-0.2, 0) is 21.4 Å². The second kappa shape index (κ2) is 10.3. The van der Waals surface area contributed by atoms with Gasteiger partial charge in [0.25, 0.3) is 0 Å². The van der Waals surface area contributed by atoms with Crippen molar-refractivity contribution in [3.05, 3.63) is 59.9 Å². The van der Waals surface area contributed by atoms with E-state index in [1.54, 1.807) is 24.3 Å². The molecule has 0 bridgehead atoms. The van der Waals surface area contributed by atoms with Gasteiger partial charge in [0.1, 0.15) is 5.82 Å². The Morgan fingerprint density at radius 1 is 1.00 bits per heavy atom. The van der Waals surface area contributed by atoms with E-state index in [4.69, 9.17) is 0 Å². The van der Waals surface area contributed by atoms with Crippen LogP contribution in [-0.4, -0.2) is 50.2 Å². The largest absolute Gasteiger partial charge is 0.325 e. The summed E-state index contributed by atoms with van der Waals surface area (Å²) in [4.78, 5) is 15.1. The maximum Gasteiger partial charge on any atom is 0.242 e. The summed E-state index contributed by atoms with van der Waals surface area (Å²) < 4.78 is 38.8. The number of nitrogens with one attached hydrogen (secondary N) is 1. The monoisotopic (exact) mass is 447 g/mol. The number of anilines is 1. The van der Waals surface area contributed by atoms with E-state index in [-0.39, 0.29) is 23.2 Å². The number of carbonyl (C=O) groups is 1. The van der Waals surface area contributed by atoms with Gasteiger partial charge in [-0.1, -0.05) is 31.4 Å². The Labute approximate surface area is 184 Å². The van der Waals surface area contributed by atoms with Gasteiger partial charge in [-0.15, -0.1) is 0 Å². The Morgan fingerprint density at radius 3 is 2.19 bits per heavy atom. The zero-order valence-electron chi connectivity index (χ0n) is 18.1. The molecular weight excluding hydrogens is 417 g/mol. The lowest BCUT2D eigenvalue weighted by Crippen LogP contribution is -2.41. The number of sulfonamides is 1. The van der Waals surface area contributed by atoms with Crippen LogP contribution in [0.5, 0.6) is 0 Å². The molecule has 1 aliphatic rings. The maximum absolute atomic E-state index is 13.3. The Kier molecular flexibility index (Phi) is 7.80. The molecule has 0 atom stereocenters. The number of hydrogen-bond acceptors (Lipinski definition) is 4. The first-order valence-corrected chi connectivity index (χ1v) is 12.0. The molecule has 0 saturated heterocycles. The molecular formula is C23H30FN3O3S. The lowest BCUT2D eigenvalue weighted by molar-refractivity contribution is -0.118. The average molecular weight is 448 g/mol. The van der Waals surface area contributed by atoms with E-state index in [0.29, 0.717) is 18.3 Å². The van der Waals surface area contributed by atoms with Crippen molar-refractivity contribution in [2.75, 3.05) is 26.0 Å². The lowest BCUT2D eigenvalue weighted by atomic mass is 9.93. The average Bonchev–Trinajstić information content (AvgIpc) is 2.75. The molecule has 2 aromatic rings. The van der Waals surface area contributed by atoms with E-state index in [1.807, 2.05) is 0 Å². The molecule has 31 heavy (non-hydrogen) atoms. The van der Waals surface area contributed by atoms with E-state index in [1.165, 1.54) is 44.8 Å². The van der Waals surface area contributed by atoms with Gasteiger partial charge >= 0.3 is 0 Å². The topological polar surface area (TPSA) is 69.7 Å². The summed E-state index contributed by atoms with van der Waals surface area (Å²) in [7, 11) is -0.551. The smallest absolute Gasteiger partial charge is 0.242 e. The predicted molar refractivity (Wildman–Crippen MR) is 120 cm³/mol. The first-order valence-electron chi connectivity index (χ1n) is 10.6. The SMILES string of the molecule is CN(C)S(=O)(=O)c1ccc(NC(=O)CN(Cc2ccc(F)cc2)C2CCCCC2)cc1. The maximum atomic E-state index is 13.3. The molecule has 0 spiro atoms. The Bertz CT molecular complexity index is 970. The zero-order valence-corrected chi connectivity index (χ0v) is 18.9. The summed E-state index contributed by atoms with van der Waals surface area (Å²) in [5, 5.41) is 2.87. The molecule has 0 radical (unpaired) electrons. The van der Waals surface area contributed by atoms with Crippen LogP contribution in [0, 0.1) is 5.82 Å². The predicted octanol–water partition coefficient (Wildman–Crippen LogP) is 3.85. The number of nitrogens with zero attached hydrogens (tertiary/aromatic N) is 2. The highest BCUT2D eigenvalue weighted by atomic mass is 32.2. The molecule has 8 heteroatoms. The molecule has 1 amide bonds. The minimum atomic E-state index is -3.51. The highest BCUT2D eigenvalue weighted by molar-refractivity contribution is 7.89. The fourth-order valence-corrected chi connectivity index (χ4v) is 4.79. The molecule has 6 nitrogen and oxygen atoms in total. The molecule has 0 unspecified atom stereocenters. The molecule has 0 aliphatic heterocycles. The van der Waals surface area contributed by atoms with E-state index >= 15 is 0 Å². The highest BCUT2D eigenvalue weighted by Crippen LogP contribution is 2.24. The van der Waals surface area contributed by atoms with Gasteiger partial charge in [-0.2, -0.15) is 0 Å². The summed E-state index contributed by atoms with van der Waals surface area (Å²) in [5.74, 6) is -0.429. The first kappa shape index (κ1) is 23.4. The van der Waals surface area contributed by atoms with Gasteiger partial charge in [0.15, 0.2) is 0 Å². The van der Waals surface area contributed by atoms with Crippen molar-refractivity contribution in [3.8, 4) is 0 Å². The third-order valence-corrected chi connectivity index (χ3v) is 7.48. The van der Waals surface area contributed by atoms with E-state index < -0.39 is 10.0 Å². The molecule has 3 rings (SSSR count). The zero-order chi connectivity index (χ0) is 22.4. The van der Waals surface area contributed by atoms with Crippen LogP contribution in [0.25, 0.3) is 0 Å². The second-order valence-corrected chi connectivity index (χ2v) is 10.3. The number of rotatable bonds is 8. The van der Waals surface area contributed by atoms with Crippen LogP contribution in [0.3, 0.4) is 0 Å². The van der Waals surface area contributed by atoms with E-state index in [9.17, 15) is 17.6 Å². The number of amides is 1. The van der Waals surface area contributed by atoms with Gasteiger partial charge in [-0.3, -0.25) is 9.69 Å². The van der Waals surface area contributed by atoms with Crippen molar-refractivity contribution in [2.45, 2.75) is 49.6 Å². The van der Waals surface area contributed by atoms with Gasteiger partial charge in [0.05, 0.1) is 11.4 Å². The molecule has 1 fully saturated rings. The van der Waals surface area contributed by atoms with Gasteiger partial charge in [-0.05, 0) is 54.8 Å². The van der Waals surface area contributed by atoms with Crippen LogP contribution in [0.15, 0.2) is 53.4 Å². The fraction of sp³-hybridized carbons (Fsp3) is 0.435. The van der Waals surface area contributed by atoms with E-state index in [2.05, 4.69) is 10.2 Å². The summed E-state index contributed by atoms with van der Waals surface area (Å²) in [6.45, 7) is 0.804. The van der Waals surface area contributed by atoms with Crippen molar-refractivity contribution in [2.24, 2.45) is 0 Å². The quantitative estimate of drug-likeness (QED) is 0.667. The van der Waals surface area contributed by atoms with Crippen molar-refractivity contribution in [1.29, 1.82) is 0 Å². The molecule has 0 heterocycles. The summed E-state index contributed by atoms with van der Waals surface area (Å²) in [5.41, 5.74) is 1.52. The molecule has 2 aromatic carbocycles. The summed E-state index contributed by atoms with van der Waals surface area (Å²) in [6, 6.07) is 12.9. The summed E-state index contributed by atoms with van der Waals surface area (Å²) in [6.07, 6.45) is 5.61. The van der Waals surface area contributed by atoms with Crippen molar-refractivity contribution in [1.82, 2.24) is 9.21 Å². The van der Waals surface area contributed by atoms with Crippen molar-refractivity contribution in [3.63, 3.8) is 0 Å². The van der Waals surface area contributed by atoms with Crippen LogP contribution < -0.4 is 5.32 Å². The van der Waals surface area contributed by atoms with Gasteiger partial charge < -0.3 is 5.32 Å². The number of halogens is 1. The third-order valence-electron chi connectivity index (χ3n) is 5.65. The number of benzene rings is 2. The molecule has 0 aromatic heterocycles. The molecule has 168 valence electrons. The fourth-order valence-electron chi connectivity index (χ4n) is 3.89. The van der Waals surface area contributed by atoms with Gasteiger partial charge in [-0.25, -0.2) is 17.1 Å². The first-order chi connectivity index (χ1) is 14.8. The van der Waals surface area contributed by atoms with Gasteiger partial charge in [0.2, 0.25) is 15.9 Å². The summed E-state index contributed by atoms with van der Waals surface area (Å²) >= 11 is 0. The highest BCUT2D eigenvalue weighted by Gasteiger charge is 2.23. The third kappa shape index (κ3) is 6.35. The van der Waals surface area contributed by atoms with Crippen molar-refractivity contribution >= 4 is 21.6 Å². The van der Waals surface area contributed by atoms with Crippen LogP contribution in [0.4, 0.5) is 10.1 Å². The number of carbonyl (C=O) groups excluding carboxylic acids is 1. The molecule has 1 aliphatic carbocycles. The minimum absolute atomic E-state index is 0.157.